The van der Waals surface area contributed by atoms with Crippen molar-refractivity contribution in [2.75, 3.05) is 45.5 Å². The van der Waals surface area contributed by atoms with Crippen LogP contribution in [0, 0.1) is 22.5 Å². The van der Waals surface area contributed by atoms with Crippen LogP contribution in [0.25, 0.3) is 0 Å². The number of hydrogen-bond acceptors (Lipinski definition) is 7. The van der Waals surface area contributed by atoms with Crippen molar-refractivity contribution in [1.82, 2.24) is 30.5 Å². The number of piperidine rings is 2. The highest BCUT2D eigenvalue weighted by molar-refractivity contribution is 7.88. The normalized spacial score (nSPS) is 22.7. The fourth-order valence-corrected chi connectivity index (χ4v) is 12.5. The summed E-state index contributed by atoms with van der Waals surface area (Å²) in [5, 5.41) is 7.70. The predicted molar refractivity (Wildman–Crippen MR) is 278 cm³/mol. The van der Waals surface area contributed by atoms with Crippen molar-refractivity contribution in [2.24, 2.45) is 10.8 Å². The summed E-state index contributed by atoms with van der Waals surface area (Å²) in [6, 6.07) is 15.1. The van der Waals surface area contributed by atoms with Gasteiger partial charge in [0.25, 0.3) is 0 Å². The fraction of sp³-hybridized carbons (Fsp3) is 0.526. The number of nitrogens with one attached hydrogen (secondary N) is 4. The third kappa shape index (κ3) is 17.4. The molecular weight excluding hydrogens is 1150 g/mol. The topological polar surface area (TPSA) is 140 Å². The quantitative estimate of drug-likeness (QED) is 0.0869. The number of sulfonamides is 1. The summed E-state index contributed by atoms with van der Waals surface area (Å²) < 4.78 is 212. The Morgan fingerprint density at radius 3 is 1.13 bits per heavy atom. The molecule has 4 N–H and O–H groups in total. The van der Waals surface area contributed by atoms with E-state index in [4.69, 9.17) is 0 Å². The smallest absolute Gasteiger partial charge is 0.355 e. The van der Waals surface area contributed by atoms with Gasteiger partial charge in [-0.2, -0.15) is 52.7 Å². The zero-order valence-electron chi connectivity index (χ0n) is 45.3. The van der Waals surface area contributed by atoms with E-state index in [1.807, 2.05) is 0 Å². The molecule has 2 heterocycles. The molecule has 2 saturated heterocycles. The summed E-state index contributed by atoms with van der Waals surface area (Å²) in [7, 11) is -3.70. The van der Waals surface area contributed by atoms with Crippen molar-refractivity contribution < 1.29 is 84.3 Å². The largest absolute Gasteiger partial charge is 0.416 e. The Balaban J connectivity index is 0.000000239. The number of hydrogen-bond donors (Lipinski definition) is 4. The van der Waals surface area contributed by atoms with E-state index in [9.17, 15) is 84.3 Å². The first-order valence-electron chi connectivity index (χ1n) is 26.9. The second kappa shape index (κ2) is 25.8. The summed E-state index contributed by atoms with van der Waals surface area (Å²) in [6.07, 6.45) is -13.2. The molecule has 4 fully saturated rings. The van der Waals surface area contributed by atoms with Gasteiger partial charge in [-0.25, -0.2) is 21.9 Å². The zero-order chi connectivity index (χ0) is 60.9. The number of carbonyl (C=O) groups excluding carboxylic acids is 3. The number of halogens is 14. The second-order valence-electron chi connectivity index (χ2n) is 22.3. The predicted octanol–water partition coefficient (Wildman–Crippen LogP) is 11.5. The fourth-order valence-electron chi connectivity index (χ4n) is 11.9. The maximum absolute atomic E-state index is 13.5. The molecule has 3 amide bonds. The molecule has 0 aromatic heterocycles. The van der Waals surface area contributed by atoms with E-state index in [-0.39, 0.29) is 90.7 Å². The van der Waals surface area contributed by atoms with Crippen molar-refractivity contribution in [3.8, 4) is 0 Å². The molecule has 26 heteroatoms. The first-order chi connectivity index (χ1) is 38.6. The Bertz CT molecular complexity index is 2950. The number of amides is 3. The SMILES string of the molecule is CC(=O)NCC1(C(=O)NCc2cc(C(F)(F)F)cc(C(F)(F)F)c2)CCC(N2CCC(c3ccc(F)cc3)CC2)C1.CS(=O)(=O)NCC1(C(=O)NCc2cc(C(F)(F)F)cc(C(F)(F)F)c2)CCC(N2CCC(c3ccc(F)cc3)CC2)C1. The molecule has 4 unspecified atom stereocenters. The maximum atomic E-state index is 13.5. The summed E-state index contributed by atoms with van der Waals surface area (Å²) in [5.41, 5.74) is -6.77. The average molecular weight is 1210 g/mol. The molecule has 0 spiro atoms. The number of rotatable bonds is 15. The lowest BCUT2D eigenvalue weighted by molar-refractivity contribution is -0.144. The molecule has 4 aromatic rings. The number of alkyl halides is 12. The molecule has 8 rings (SSSR count). The molecule has 83 heavy (non-hydrogen) atoms. The van der Waals surface area contributed by atoms with E-state index in [1.54, 1.807) is 24.3 Å². The monoisotopic (exact) mass is 1210 g/mol. The average Bonchev–Trinajstić information content (AvgIpc) is 4.16. The lowest BCUT2D eigenvalue weighted by Crippen LogP contribution is -2.48. The second-order valence-corrected chi connectivity index (χ2v) is 24.1. The standard InChI is InChI=1S/C29H32F7N3O2.C28H32F7N3O3S/c1-18(40)38-17-27(26(41)37-16-19-12-22(28(31,32)33)14-23(13-19)29(34,35)36)9-6-25(15-27)39-10-7-21(8-11-39)20-2-4-24(30)5-3-20;1-42(40,41)37-17-26(25(39)36-16-18-12-21(27(30,31)32)14-22(13-18)28(33,34)35)9-6-24(15-26)38-10-7-20(8-11-38)19-2-4-23(29)5-3-19/h2-5,12-14,21,25H,6-11,15-17H2,1H3,(H,37,41)(H,38,40);2-5,12-14,20,24,37H,6-11,15-17H2,1H3,(H,36,39). The van der Waals surface area contributed by atoms with E-state index < -0.39 is 92.7 Å². The Morgan fingerprint density at radius 2 is 0.831 bits per heavy atom. The van der Waals surface area contributed by atoms with E-state index >= 15 is 0 Å². The summed E-state index contributed by atoms with van der Waals surface area (Å²) in [6.45, 7) is 2.86. The van der Waals surface area contributed by atoms with Crippen LogP contribution in [-0.4, -0.2) is 93.5 Å². The summed E-state index contributed by atoms with van der Waals surface area (Å²) in [4.78, 5) is 43.1. The highest BCUT2D eigenvalue weighted by atomic mass is 32.2. The summed E-state index contributed by atoms with van der Waals surface area (Å²) in [5.74, 6) is -1.59. The van der Waals surface area contributed by atoms with Crippen molar-refractivity contribution >= 4 is 27.7 Å². The summed E-state index contributed by atoms with van der Waals surface area (Å²) >= 11 is 0. The number of likely N-dealkylation sites (tertiary alicyclic amines) is 2. The number of benzene rings is 4. The molecule has 0 bridgehead atoms. The highest BCUT2D eigenvalue weighted by Crippen LogP contribution is 2.45. The van der Waals surface area contributed by atoms with Gasteiger partial charge in [-0.15, -0.1) is 0 Å². The van der Waals surface area contributed by atoms with Gasteiger partial charge in [0.05, 0.1) is 39.3 Å². The molecule has 4 aromatic carbocycles. The van der Waals surface area contributed by atoms with Crippen LogP contribution in [-0.2, 0) is 62.2 Å². The Morgan fingerprint density at radius 1 is 0.506 bits per heavy atom. The van der Waals surface area contributed by atoms with Crippen molar-refractivity contribution in [2.45, 2.75) is 133 Å². The van der Waals surface area contributed by atoms with Gasteiger partial charge in [0, 0.05) is 45.2 Å². The zero-order valence-corrected chi connectivity index (χ0v) is 46.1. The highest BCUT2D eigenvalue weighted by Gasteiger charge is 2.49. The van der Waals surface area contributed by atoms with Gasteiger partial charge in [0.15, 0.2) is 0 Å². The molecule has 456 valence electrons. The Labute approximate surface area is 471 Å². The molecule has 2 saturated carbocycles. The minimum absolute atomic E-state index is 0.00705. The van der Waals surface area contributed by atoms with Gasteiger partial charge < -0.3 is 25.8 Å². The lowest BCUT2D eigenvalue weighted by atomic mass is 9.83. The van der Waals surface area contributed by atoms with Gasteiger partial charge >= 0.3 is 24.7 Å². The molecule has 11 nitrogen and oxygen atoms in total. The minimum Gasteiger partial charge on any atom is -0.355 e. The number of carbonyl (C=O) groups is 3. The lowest BCUT2D eigenvalue weighted by Gasteiger charge is -2.37. The van der Waals surface area contributed by atoms with E-state index in [0.29, 0.717) is 63.0 Å². The molecular formula is C57H64F14N6O5S. The van der Waals surface area contributed by atoms with Gasteiger partial charge in [0.2, 0.25) is 27.7 Å². The van der Waals surface area contributed by atoms with Gasteiger partial charge in [-0.05, 0) is 185 Å². The Kier molecular flexibility index (Phi) is 20.1. The Hall–Kier alpha value is -5.86. The maximum Gasteiger partial charge on any atom is 0.416 e. The van der Waals surface area contributed by atoms with Gasteiger partial charge in [-0.3, -0.25) is 14.4 Å². The minimum atomic E-state index is -5.02. The van der Waals surface area contributed by atoms with Crippen molar-refractivity contribution in [3.05, 3.63) is 141 Å². The van der Waals surface area contributed by atoms with Crippen molar-refractivity contribution in [3.63, 3.8) is 0 Å². The molecule has 4 atom stereocenters. The third-order valence-corrected chi connectivity index (χ3v) is 17.1. The first kappa shape index (κ1) is 64.7. The molecule has 2 aliphatic heterocycles. The number of nitrogens with zero attached hydrogens (tertiary/aromatic N) is 2. The molecule has 2 aliphatic carbocycles. The van der Waals surface area contributed by atoms with E-state index in [1.165, 1.54) is 31.2 Å². The van der Waals surface area contributed by atoms with Crippen LogP contribution in [0.2, 0.25) is 0 Å². The molecule has 4 aliphatic rings. The van der Waals surface area contributed by atoms with Crippen LogP contribution in [0.15, 0.2) is 84.9 Å². The molecule has 0 radical (unpaired) electrons. The van der Waals surface area contributed by atoms with Crippen LogP contribution in [0.1, 0.15) is 127 Å². The van der Waals surface area contributed by atoms with E-state index in [0.717, 1.165) is 56.2 Å². The van der Waals surface area contributed by atoms with Gasteiger partial charge in [0.1, 0.15) is 11.6 Å². The van der Waals surface area contributed by atoms with Crippen LogP contribution in [0.5, 0.6) is 0 Å². The van der Waals surface area contributed by atoms with Crippen LogP contribution >= 0.6 is 0 Å². The van der Waals surface area contributed by atoms with Crippen molar-refractivity contribution in [1.29, 1.82) is 0 Å². The third-order valence-electron chi connectivity index (χ3n) is 16.5. The van der Waals surface area contributed by atoms with E-state index in [2.05, 4.69) is 30.5 Å². The van der Waals surface area contributed by atoms with Crippen LogP contribution < -0.4 is 20.7 Å². The van der Waals surface area contributed by atoms with Gasteiger partial charge in [-0.1, -0.05) is 24.3 Å². The first-order valence-corrected chi connectivity index (χ1v) is 28.8. The van der Waals surface area contributed by atoms with Crippen LogP contribution in [0.3, 0.4) is 0 Å². The van der Waals surface area contributed by atoms with Crippen LogP contribution in [0.4, 0.5) is 61.5 Å².